The van der Waals surface area contributed by atoms with Crippen molar-refractivity contribution >= 4 is 29.1 Å². The SMILES string of the molecule is CNc1cc([N+](=O)[O-])cc(NCCCSC)n1. The Kier molecular flexibility index (Phi) is 5.55. The smallest absolute Gasteiger partial charge is 0.276 e. The lowest BCUT2D eigenvalue weighted by Crippen LogP contribution is -2.06. The topological polar surface area (TPSA) is 80.1 Å². The van der Waals surface area contributed by atoms with E-state index in [-0.39, 0.29) is 5.69 Å². The molecule has 0 saturated carbocycles. The third kappa shape index (κ3) is 4.48. The molecule has 17 heavy (non-hydrogen) atoms. The number of rotatable bonds is 7. The van der Waals surface area contributed by atoms with E-state index in [0.29, 0.717) is 11.6 Å². The summed E-state index contributed by atoms with van der Waals surface area (Å²) in [6.07, 6.45) is 3.05. The zero-order valence-electron chi connectivity index (χ0n) is 9.90. The minimum absolute atomic E-state index is 0.0386. The first kappa shape index (κ1) is 13.6. The average Bonchev–Trinajstić information content (AvgIpc) is 2.34. The molecule has 0 fully saturated rings. The van der Waals surface area contributed by atoms with Gasteiger partial charge in [0.05, 0.1) is 17.1 Å². The second-order valence-corrected chi connectivity index (χ2v) is 4.36. The molecular weight excluding hydrogens is 240 g/mol. The fourth-order valence-corrected chi connectivity index (χ4v) is 1.71. The first-order chi connectivity index (χ1) is 8.17. The number of hydrogen-bond acceptors (Lipinski definition) is 6. The van der Waals surface area contributed by atoms with E-state index in [4.69, 9.17) is 0 Å². The van der Waals surface area contributed by atoms with Crippen LogP contribution in [0.4, 0.5) is 17.3 Å². The molecule has 2 N–H and O–H groups in total. The van der Waals surface area contributed by atoms with Crippen LogP contribution in [0.2, 0.25) is 0 Å². The van der Waals surface area contributed by atoms with Crippen LogP contribution < -0.4 is 10.6 Å². The summed E-state index contributed by atoms with van der Waals surface area (Å²) in [5, 5.41) is 16.6. The molecule has 1 aromatic rings. The Bertz CT molecular complexity index is 387. The number of nitrogens with zero attached hydrogens (tertiary/aromatic N) is 2. The summed E-state index contributed by atoms with van der Waals surface area (Å²) in [4.78, 5) is 14.5. The van der Waals surface area contributed by atoms with Crippen LogP contribution in [0.15, 0.2) is 12.1 Å². The minimum Gasteiger partial charge on any atom is -0.373 e. The van der Waals surface area contributed by atoms with Gasteiger partial charge in [0.25, 0.3) is 5.69 Å². The number of hydrogen-bond donors (Lipinski definition) is 2. The Morgan fingerprint density at radius 2 is 2.18 bits per heavy atom. The van der Waals surface area contributed by atoms with E-state index >= 15 is 0 Å². The summed E-state index contributed by atoms with van der Waals surface area (Å²) in [7, 11) is 1.68. The van der Waals surface area contributed by atoms with Crippen LogP contribution in [0, 0.1) is 10.1 Å². The highest BCUT2D eigenvalue weighted by Gasteiger charge is 2.10. The van der Waals surface area contributed by atoms with Crippen LogP contribution in [-0.4, -0.2) is 35.5 Å². The Labute approximate surface area is 104 Å². The predicted molar refractivity (Wildman–Crippen MR) is 71.9 cm³/mol. The third-order valence-electron chi connectivity index (χ3n) is 2.11. The highest BCUT2D eigenvalue weighted by molar-refractivity contribution is 7.98. The zero-order chi connectivity index (χ0) is 12.7. The van der Waals surface area contributed by atoms with Crippen LogP contribution in [0.1, 0.15) is 6.42 Å². The van der Waals surface area contributed by atoms with E-state index in [9.17, 15) is 10.1 Å². The van der Waals surface area contributed by atoms with Gasteiger partial charge in [0.1, 0.15) is 11.6 Å². The summed E-state index contributed by atoms with van der Waals surface area (Å²) in [5.41, 5.74) is 0.0386. The Balaban J connectivity index is 2.70. The van der Waals surface area contributed by atoms with Crippen molar-refractivity contribution in [3.05, 3.63) is 22.2 Å². The van der Waals surface area contributed by atoms with Crippen molar-refractivity contribution in [1.82, 2.24) is 4.98 Å². The van der Waals surface area contributed by atoms with Crippen LogP contribution in [0.25, 0.3) is 0 Å². The lowest BCUT2D eigenvalue weighted by molar-refractivity contribution is -0.384. The maximum Gasteiger partial charge on any atom is 0.276 e. The molecular formula is C10H16N4O2S. The summed E-state index contributed by atoms with van der Waals surface area (Å²) in [6, 6.07) is 2.85. The van der Waals surface area contributed by atoms with E-state index in [1.807, 2.05) is 6.26 Å². The number of pyridine rings is 1. The van der Waals surface area contributed by atoms with Crippen molar-refractivity contribution in [2.45, 2.75) is 6.42 Å². The maximum atomic E-state index is 10.7. The molecule has 0 aliphatic rings. The van der Waals surface area contributed by atoms with Gasteiger partial charge in [-0.1, -0.05) is 0 Å². The summed E-state index contributed by atoms with van der Waals surface area (Å²) >= 11 is 1.77. The Morgan fingerprint density at radius 3 is 2.76 bits per heavy atom. The summed E-state index contributed by atoms with van der Waals surface area (Å²) < 4.78 is 0. The van der Waals surface area contributed by atoms with Gasteiger partial charge in [-0.25, -0.2) is 4.98 Å². The quantitative estimate of drug-likeness (QED) is 0.442. The number of aromatic nitrogens is 1. The largest absolute Gasteiger partial charge is 0.373 e. The highest BCUT2D eigenvalue weighted by Crippen LogP contribution is 2.20. The van der Waals surface area contributed by atoms with Crippen molar-refractivity contribution in [1.29, 1.82) is 0 Å². The average molecular weight is 256 g/mol. The summed E-state index contributed by atoms with van der Waals surface area (Å²) in [6.45, 7) is 0.762. The van der Waals surface area contributed by atoms with Crippen LogP contribution >= 0.6 is 11.8 Å². The third-order valence-corrected chi connectivity index (χ3v) is 2.81. The number of nitro groups is 1. The van der Waals surface area contributed by atoms with Gasteiger partial charge in [-0.15, -0.1) is 0 Å². The Morgan fingerprint density at radius 1 is 1.47 bits per heavy atom. The number of anilines is 2. The second kappa shape index (κ2) is 6.95. The highest BCUT2D eigenvalue weighted by atomic mass is 32.2. The molecule has 0 radical (unpaired) electrons. The fourth-order valence-electron chi connectivity index (χ4n) is 1.27. The van der Waals surface area contributed by atoms with Gasteiger partial charge in [0, 0.05) is 13.6 Å². The van der Waals surface area contributed by atoms with Crippen LogP contribution in [-0.2, 0) is 0 Å². The predicted octanol–water partition coefficient (Wildman–Crippen LogP) is 2.20. The van der Waals surface area contributed by atoms with Crippen LogP contribution in [0.5, 0.6) is 0 Å². The van der Waals surface area contributed by atoms with Crippen LogP contribution in [0.3, 0.4) is 0 Å². The molecule has 0 bridgehead atoms. The maximum absolute atomic E-state index is 10.7. The van der Waals surface area contributed by atoms with Gasteiger partial charge in [-0.05, 0) is 18.4 Å². The molecule has 7 heteroatoms. The monoisotopic (exact) mass is 256 g/mol. The molecule has 1 heterocycles. The molecule has 0 atom stereocenters. The molecule has 0 amide bonds. The Hall–Kier alpha value is -1.50. The molecule has 0 unspecified atom stereocenters. The molecule has 0 aromatic carbocycles. The second-order valence-electron chi connectivity index (χ2n) is 3.38. The van der Waals surface area contributed by atoms with E-state index < -0.39 is 4.92 Å². The van der Waals surface area contributed by atoms with Gasteiger partial charge in [0.2, 0.25) is 0 Å². The molecule has 1 aromatic heterocycles. The van der Waals surface area contributed by atoms with Gasteiger partial charge in [0.15, 0.2) is 0 Å². The number of nitrogens with one attached hydrogen (secondary N) is 2. The molecule has 6 nitrogen and oxygen atoms in total. The van der Waals surface area contributed by atoms with Crippen molar-refractivity contribution in [3.63, 3.8) is 0 Å². The van der Waals surface area contributed by atoms with E-state index in [1.54, 1.807) is 18.8 Å². The normalized spacial score (nSPS) is 10.0. The van der Waals surface area contributed by atoms with Crippen molar-refractivity contribution < 1.29 is 4.92 Å². The van der Waals surface area contributed by atoms with Crippen molar-refractivity contribution in [3.8, 4) is 0 Å². The molecule has 0 spiro atoms. The summed E-state index contributed by atoms with van der Waals surface area (Å²) in [5.74, 6) is 2.08. The van der Waals surface area contributed by atoms with E-state index in [2.05, 4.69) is 15.6 Å². The van der Waals surface area contributed by atoms with E-state index in [1.165, 1.54) is 12.1 Å². The molecule has 94 valence electrons. The first-order valence-electron chi connectivity index (χ1n) is 5.24. The minimum atomic E-state index is -0.421. The molecule has 0 aliphatic carbocycles. The zero-order valence-corrected chi connectivity index (χ0v) is 10.7. The van der Waals surface area contributed by atoms with Crippen molar-refractivity contribution in [2.75, 3.05) is 36.2 Å². The van der Waals surface area contributed by atoms with Gasteiger partial charge < -0.3 is 10.6 Å². The lowest BCUT2D eigenvalue weighted by atomic mass is 10.3. The van der Waals surface area contributed by atoms with Crippen molar-refractivity contribution in [2.24, 2.45) is 0 Å². The standard InChI is InChI=1S/C10H16N4O2S/c1-11-9-6-8(14(15)16)7-10(13-9)12-4-3-5-17-2/h6-7H,3-5H2,1-2H3,(H2,11,12,13). The molecule has 0 aliphatic heterocycles. The van der Waals surface area contributed by atoms with E-state index in [0.717, 1.165) is 18.7 Å². The fraction of sp³-hybridized carbons (Fsp3) is 0.500. The number of thioether (sulfide) groups is 1. The first-order valence-corrected chi connectivity index (χ1v) is 6.63. The lowest BCUT2D eigenvalue weighted by Gasteiger charge is -2.07. The van der Waals surface area contributed by atoms with Gasteiger partial charge >= 0.3 is 0 Å². The molecule has 1 rings (SSSR count). The van der Waals surface area contributed by atoms with Gasteiger partial charge in [-0.3, -0.25) is 10.1 Å². The van der Waals surface area contributed by atoms with Gasteiger partial charge in [-0.2, -0.15) is 11.8 Å². The molecule has 0 saturated heterocycles.